The van der Waals surface area contributed by atoms with Gasteiger partial charge in [0.05, 0.1) is 0 Å². The normalized spacial score (nSPS) is 35.3. The zero-order valence-corrected chi connectivity index (χ0v) is 11.8. The summed E-state index contributed by atoms with van der Waals surface area (Å²) in [5.74, 6) is 0.736. The van der Waals surface area contributed by atoms with Crippen LogP contribution >= 0.6 is 0 Å². The number of nitrogens with two attached hydrogens (primary N) is 1. The number of hydrogen-bond acceptors (Lipinski definition) is 3. The van der Waals surface area contributed by atoms with E-state index in [1.54, 1.807) is 0 Å². The maximum atomic E-state index is 11.7. The summed E-state index contributed by atoms with van der Waals surface area (Å²) >= 11 is 0. The molecule has 2 aliphatic rings. The van der Waals surface area contributed by atoms with Crippen LogP contribution in [0.3, 0.4) is 0 Å². The lowest BCUT2D eigenvalue weighted by molar-refractivity contribution is 0.0483. The molecule has 0 aromatic rings. The van der Waals surface area contributed by atoms with Crippen molar-refractivity contribution in [3.05, 3.63) is 0 Å². The quantitative estimate of drug-likeness (QED) is 0.795. The van der Waals surface area contributed by atoms with Gasteiger partial charge in [0, 0.05) is 6.04 Å². The molecule has 3 N–H and O–H groups in total. The summed E-state index contributed by atoms with van der Waals surface area (Å²) in [6.07, 6.45) is 5.55. The fourth-order valence-corrected chi connectivity index (χ4v) is 3.19. The first-order chi connectivity index (χ1) is 8.35. The summed E-state index contributed by atoms with van der Waals surface area (Å²) < 4.78 is 5.28. The van der Waals surface area contributed by atoms with Gasteiger partial charge in [-0.2, -0.15) is 0 Å². The van der Waals surface area contributed by atoms with Gasteiger partial charge in [-0.05, 0) is 70.8 Å². The zero-order chi connectivity index (χ0) is 13.4. The molecule has 1 amide bonds. The Bertz CT molecular complexity index is 314. The van der Waals surface area contributed by atoms with Crippen LogP contribution in [-0.2, 0) is 4.74 Å². The Morgan fingerprint density at radius 3 is 2.44 bits per heavy atom. The molecule has 1 atom stereocenters. The molecule has 0 aromatic heterocycles. The minimum Gasteiger partial charge on any atom is -0.444 e. The molecular formula is C14H26N2O2. The fourth-order valence-electron chi connectivity index (χ4n) is 3.19. The lowest BCUT2D eigenvalue weighted by atomic mass is 9.82. The van der Waals surface area contributed by atoms with Crippen LogP contribution in [-0.4, -0.2) is 24.3 Å². The highest BCUT2D eigenvalue weighted by molar-refractivity contribution is 5.68. The number of alkyl carbamates (subject to hydrolysis) is 1. The fraction of sp³-hybridized carbons (Fsp3) is 0.929. The number of carbonyl (C=O) groups excluding carboxylic acids is 1. The Hall–Kier alpha value is -0.770. The molecule has 0 aromatic carbocycles. The topological polar surface area (TPSA) is 64.3 Å². The lowest BCUT2D eigenvalue weighted by Crippen LogP contribution is -2.41. The monoisotopic (exact) mass is 254 g/mol. The molecule has 0 aliphatic heterocycles. The van der Waals surface area contributed by atoms with E-state index in [2.05, 4.69) is 5.32 Å². The largest absolute Gasteiger partial charge is 0.444 e. The van der Waals surface area contributed by atoms with E-state index in [4.69, 9.17) is 10.5 Å². The van der Waals surface area contributed by atoms with Gasteiger partial charge in [0.2, 0.25) is 0 Å². The second-order valence-electron chi connectivity index (χ2n) is 6.92. The summed E-state index contributed by atoms with van der Waals surface area (Å²) in [6.45, 7) is 6.49. The smallest absolute Gasteiger partial charge is 0.407 e. The van der Waals surface area contributed by atoms with Crippen molar-refractivity contribution >= 4 is 6.09 Å². The van der Waals surface area contributed by atoms with E-state index in [1.807, 2.05) is 20.8 Å². The first kappa shape index (κ1) is 13.7. The highest BCUT2D eigenvalue weighted by Crippen LogP contribution is 2.60. The minimum absolute atomic E-state index is 0.282. The van der Waals surface area contributed by atoms with Crippen LogP contribution in [0.5, 0.6) is 0 Å². The SMILES string of the molecule is CC(C)(C)OC(=O)NC1CCC2(CC1)CC2CN. The van der Waals surface area contributed by atoms with Gasteiger partial charge in [-0.15, -0.1) is 0 Å². The molecule has 104 valence electrons. The Morgan fingerprint density at radius 1 is 1.39 bits per heavy atom. The maximum Gasteiger partial charge on any atom is 0.407 e. The zero-order valence-electron chi connectivity index (χ0n) is 11.8. The van der Waals surface area contributed by atoms with Crippen LogP contribution in [0.2, 0.25) is 0 Å². The van der Waals surface area contributed by atoms with Crippen molar-refractivity contribution in [2.75, 3.05) is 6.54 Å². The number of amides is 1. The molecule has 2 fully saturated rings. The molecule has 0 heterocycles. The van der Waals surface area contributed by atoms with Crippen molar-refractivity contribution < 1.29 is 9.53 Å². The Morgan fingerprint density at radius 2 is 2.00 bits per heavy atom. The number of nitrogens with one attached hydrogen (secondary N) is 1. The van der Waals surface area contributed by atoms with Crippen LogP contribution in [0, 0.1) is 11.3 Å². The van der Waals surface area contributed by atoms with Gasteiger partial charge in [0.1, 0.15) is 5.60 Å². The van der Waals surface area contributed by atoms with Crippen LogP contribution < -0.4 is 11.1 Å². The number of ether oxygens (including phenoxy) is 1. The molecule has 1 unspecified atom stereocenters. The first-order valence-electron chi connectivity index (χ1n) is 7.04. The summed E-state index contributed by atoms with van der Waals surface area (Å²) in [5.41, 5.74) is 5.85. The first-order valence-corrected chi connectivity index (χ1v) is 7.04. The second kappa shape index (κ2) is 4.72. The summed E-state index contributed by atoms with van der Waals surface area (Å²) in [7, 11) is 0. The van der Waals surface area contributed by atoms with E-state index < -0.39 is 5.60 Å². The van der Waals surface area contributed by atoms with E-state index in [1.165, 1.54) is 19.3 Å². The Balaban J connectivity index is 1.73. The minimum atomic E-state index is -0.416. The van der Waals surface area contributed by atoms with Crippen molar-refractivity contribution in [1.82, 2.24) is 5.32 Å². The van der Waals surface area contributed by atoms with Crippen LogP contribution in [0.15, 0.2) is 0 Å². The van der Waals surface area contributed by atoms with Gasteiger partial charge < -0.3 is 15.8 Å². The van der Waals surface area contributed by atoms with Gasteiger partial charge in [0.25, 0.3) is 0 Å². The predicted molar refractivity (Wildman–Crippen MR) is 71.2 cm³/mol. The van der Waals surface area contributed by atoms with E-state index in [0.29, 0.717) is 5.41 Å². The molecule has 1 spiro atoms. The van der Waals surface area contributed by atoms with E-state index in [9.17, 15) is 4.79 Å². The van der Waals surface area contributed by atoms with E-state index >= 15 is 0 Å². The molecule has 4 heteroatoms. The third-order valence-electron chi connectivity index (χ3n) is 4.35. The van der Waals surface area contributed by atoms with Gasteiger partial charge in [0.15, 0.2) is 0 Å². The molecule has 0 bridgehead atoms. The van der Waals surface area contributed by atoms with Gasteiger partial charge in [-0.3, -0.25) is 0 Å². The van der Waals surface area contributed by atoms with Crippen molar-refractivity contribution in [2.24, 2.45) is 17.1 Å². The molecular weight excluding hydrogens is 228 g/mol. The van der Waals surface area contributed by atoms with E-state index in [-0.39, 0.29) is 12.1 Å². The van der Waals surface area contributed by atoms with Crippen LogP contribution in [0.4, 0.5) is 4.79 Å². The number of hydrogen-bond donors (Lipinski definition) is 2. The third kappa shape index (κ3) is 3.16. The van der Waals surface area contributed by atoms with Gasteiger partial charge >= 0.3 is 6.09 Å². The van der Waals surface area contributed by atoms with Crippen molar-refractivity contribution in [2.45, 2.75) is 64.5 Å². The molecule has 2 rings (SSSR count). The van der Waals surface area contributed by atoms with Crippen molar-refractivity contribution in [3.63, 3.8) is 0 Å². The average molecular weight is 254 g/mol. The van der Waals surface area contributed by atoms with Gasteiger partial charge in [-0.25, -0.2) is 4.79 Å². The summed E-state index contributed by atoms with van der Waals surface area (Å²) in [6, 6.07) is 0.282. The van der Waals surface area contributed by atoms with Crippen molar-refractivity contribution in [3.8, 4) is 0 Å². The molecule has 4 nitrogen and oxygen atoms in total. The maximum absolute atomic E-state index is 11.7. The summed E-state index contributed by atoms with van der Waals surface area (Å²) in [5, 5.41) is 2.98. The van der Waals surface area contributed by atoms with Crippen LogP contribution in [0.1, 0.15) is 52.9 Å². The molecule has 2 saturated carbocycles. The van der Waals surface area contributed by atoms with E-state index in [0.717, 1.165) is 25.3 Å². The van der Waals surface area contributed by atoms with Crippen molar-refractivity contribution in [1.29, 1.82) is 0 Å². The average Bonchev–Trinajstić information content (AvgIpc) is 2.93. The number of carbonyl (C=O) groups is 1. The van der Waals surface area contributed by atoms with Crippen LogP contribution in [0.25, 0.3) is 0 Å². The molecule has 0 radical (unpaired) electrons. The summed E-state index contributed by atoms with van der Waals surface area (Å²) in [4.78, 5) is 11.7. The lowest BCUT2D eigenvalue weighted by Gasteiger charge is -2.30. The predicted octanol–water partition coefficient (Wildman–Crippen LogP) is 2.42. The molecule has 18 heavy (non-hydrogen) atoms. The highest BCUT2D eigenvalue weighted by Gasteiger charge is 2.53. The Kier molecular flexibility index (Phi) is 3.58. The Labute approximate surface area is 110 Å². The number of rotatable bonds is 2. The molecule has 2 aliphatic carbocycles. The molecule has 0 saturated heterocycles. The third-order valence-corrected chi connectivity index (χ3v) is 4.35. The standard InChI is InChI=1S/C14H26N2O2/c1-13(2,3)18-12(17)16-11-4-6-14(7-5-11)8-10(14)9-15/h10-11H,4-9,15H2,1-3H3,(H,16,17). The second-order valence-corrected chi connectivity index (χ2v) is 6.92. The highest BCUT2D eigenvalue weighted by atomic mass is 16.6. The van der Waals surface area contributed by atoms with Gasteiger partial charge in [-0.1, -0.05) is 0 Å².